The quantitative estimate of drug-likeness (QED) is 0.881. The van der Waals surface area contributed by atoms with Crippen molar-refractivity contribution in [1.29, 1.82) is 0 Å². The molecule has 0 radical (unpaired) electrons. The average Bonchev–Trinajstić information content (AvgIpc) is 2.79. The molecule has 0 bridgehead atoms. The molecule has 0 aliphatic rings. The molecule has 0 spiro atoms. The summed E-state index contributed by atoms with van der Waals surface area (Å²) in [4.78, 5) is 16.1. The highest BCUT2D eigenvalue weighted by Gasteiger charge is 2.16. The molecule has 0 aliphatic heterocycles. The number of benzene rings is 1. The third-order valence-corrected chi connectivity index (χ3v) is 4.38. The van der Waals surface area contributed by atoms with Gasteiger partial charge in [0, 0.05) is 22.4 Å². The molecule has 1 heterocycles. The van der Waals surface area contributed by atoms with Crippen LogP contribution in [0.15, 0.2) is 28.7 Å². The van der Waals surface area contributed by atoms with Gasteiger partial charge in [0.15, 0.2) is 0 Å². The molecule has 1 N–H and O–H groups in total. The summed E-state index contributed by atoms with van der Waals surface area (Å²) in [7, 11) is -1.31. The number of nitrogens with zero attached hydrogens (tertiary/aromatic N) is 1. The van der Waals surface area contributed by atoms with E-state index in [4.69, 9.17) is 4.42 Å². The van der Waals surface area contributed by atoms with Crippen LogP contribution < -0.4 is 5.32 Å². The Bertz CT molecular complexity index is 722. The van der Waals surface area contributed by atoms with Crippen molar-refractivity contribution in [1.82, 2.24) is 10.3 Å². The Morgan fingerprint density at radius 1 is 1.35 bits per heavy atom. The van der Waals surface area contributed by atoms with Gasteiger partial charge in [-0.25, -0.2) is 4.98 Å². The minimum absolute atomic E-state index is 0.0236. The van der Waals surface area contributed by atoms with Gasteiger partial charge in [0.25, 0.3) is 0 Å². The molecular weight excluding hydrogens is 312 g/mol. The van der Waals surface area contributed by atoms with Crippen LogP contribution in [0.1, 0.15) is 30.9 Å². The van der Waals surface area contributed by atoms with Crippen LogP contribution in [0.25, 0.3) is 11.5 Å². The number of oxazole rings is 1. The van der Waals surface area contributed by atoms with E-state index >= 15 is 0 Å². The molecule has 23 heavy (non-hydrogen) atoms. The number of rotatable bonds is 6. The van der Waals surface area contributed by atoms with Crippen LogP contribution in [0.2, 0.25) is 0 Å². The summed E-state index contributed by atoms with van der Waals surface area (Å²) in [6.07, 6.45) is 0. The van der Waals surface area contributed by atoms with E-state index < -0.39 is 10.8 Å². The maximum absolute atomic E-state index is 12.1. The van der Waals surface area contributed by atoms with E-state index in [0.717, 1.165) is 11.1 Å². The fraction of sp³-hybridized carbons (Fsp3) is 0.412. The molecule has 2 rings (SSSR count). The second-order valence-corrected chi connectivity index (χ2v) is 7.30. The van der Waals surface area contributed by atoms with Crippen LogP contribution >= 0.6 is 0 Å². The standard InChI is InChI=1S/C17H22N2O3S/c1-11(2)18-16(20)10-23(21)9-15-13(4)22-17(19-15)14-7-5-6-12(3)8-14/h5-8,11H,9-10H2,1-4H3,(H,18,20)/t23-/m0/s1. The summed E-state index contributed by atoms with van der Waals surface area (Å²) in [5, 5.41) is 2.74. The lowest BCUT2D eigenvalue weighted by Crippen LogP contribution is -2.34. The first-order chi connectivity index (χ1) is 10.8. The van der Waals surface area contributed by atoms with Gasteiger partial charge in [-0.2, -0.15) is 0 Å². The Hall–Kier alpha value is -1.95. The Labute approximate surface area is 139 Å². The first kappa shape index (κ1) is 17.4. The molecule has 2 aromatic rings. The van der Waals surface area contributed by atoms with Crippen molar-refractivity contribution in [3.05, 3.63) is 41.3 Å². The average molecular weight is 334 g/mol. The Morgan fingerprint density at radius 3 is 2.74 bits per heavy atom. The van der Waals surface area contributed by atoms with Gasteiger partial charge < -0.3 is 9.73 Å². The summed E-state index contributed by atoms with van der Waals surface area (Å²) in [5.41, 5.74) is 2.65. The van der Waals surface area contributed by atoms with Gasteiger partial charge in [-0.1, -0.05) is 17.7 Å². The van der Waals surface area contributed by atoms with E-state index in [1.807, 2.05) is 45.0 Å². The van der Waals surface area contributed by atoms with Crippen molar-refractivity contribution < 1.29 is 13.4 Å². The van der Waals surface area contributed by atoms with Gasteiger partial charge in [0.05, 0.1) is 11.4 Å². The monoisotopic (exact) mass is 334 g/mol. The smallest absolute Gasteiger partial charge is 0.232 e. The fourth-order valence-corrected chi connectivity index (χ4v) is 3.23. The van der Waals surface area contributed by atoms with Gasteiger partial charge in [-0.05, 0) is 39.8 Å². The number of amides is 1. The molecule has 1 amide bonds. The Kier molecular flexibility index (Phi) is 5.71. The minimum Gasteiger partial charge on any atom is -0.441 e. The summed E-state index contributed by atoms with van der Waals surface area (Å²) in [5.74, 6) is 1.14. The highest BCUT2D eigenvalue weighted by molar-refractivity contribution is 7.84. The van der Waals surface area contributed by atoms with Crippen LogP contribution in [0.3, 0.4) is 0 Å². The maximum Gasteiger partial charge on any atom is 0.232 e. The summed E-state index contributed by atoms with van der Waals surface area (Å²) in [6.45, 7) is 7.54. The molecule has 124 valence electrons. The molecule has 1 atom stereocenters. The third kappa shape index (κ3) is 5.03. The molecule has 0 saturated carbocycles. The Balaban J connectivity index is 2.07. The van der Waals surface area contributed by atoms with E-state index in [9.17, 15) is 9.00 Å². The zero-order valence-corrected chi connectivity index (χ0v) is 14.7. The summed E-state index contributed by atoms with van der Waals surface area (Å²) >= 11 is 0. The van der Waals surface area contributed by atoms with Crippen LogP contribution in [-0.4, -0.2) is 26.9 Å². The Morgan fingerprint density at radius 2 is 2.09 bits per heavy atom. The van der Waals surface area contributed by atoms with Crippen molar-refractivity contribution >= 4 is 16.7 Å². The van der Waals surface area contributed by atoms with Crippen molar-refractivity contribution in [2.45, 2.75) is 39.5 Å². The topological polar surface area (TPSA) is 72.2 Å². The first-order valence-electron chi connectivity index (χ1n) is 7.53. The van der Waals surface area contributed by atoms with E-state index in [1.54, 1.807) is 6.92 Å². The van der Waals surface area contributed by atoms with E-state index in [1.165, 1.54) is 0 Å². The van der Waals surface area contributed by atoms with Gasteiger partial charge >= 0.3 is 0 Å². The van der Waals surface area contributed by atoms with E-state index in [0.29, 0.717) is 17.3 Å². The van der Waals surface area contributed by atoms with Crippen molar-refractivity contribution in [2.75, 3.05) is 5.75 Å². The fourth-order valence-electron chi connectivity index (χ4n) is 2.18. The molecule has 1 aromatic heterocycles. The van der Waals surface area contributed by atoms with E-state index in [2.05, 4.69) is 10.3 Å². The lowest BCUT2D eigenvalue weighted by molar-refractivity contribution is -0.119. The number of aromatic nitrogens is 1. The minimum atomic E-state index is -1.31. The number of carbonyl (C=O) groups is 1. The summed E-state index contributed by atoms with van der Waals surface area (Å²) in [6, 6.07) is 7.90. The van der Waals surface area contributed by atoms with Crippen molar-refractivity contribution in [3.8, 4) is 11.5 Å². The van der Waals surface area contributed by atoms with Crippen LogP contribution in [-0.2, 0) is 21.3 Å². The SMILES string of the molecule is Cc1cccc(-c2nc(C[S@](=O)CC(=O)NC(C)C)c(C)o2)c1. The first-order valence-corrected chi connectivity index (χ1v) is 9.01. The number of hydrogen-bond donors (Lipinski definition) is 1. The zero-order valence-electron chi connectivity index (χ0n) is 13.9. The molecule has 0 saturated heterocycles. The van der Waals surface area contributed by atoms with Gasteiger partial charge in [0.2, 0.25) is 11.8 Å². The molecule has 6 heteroatoms. The van der Waals surface area contributed by atoms with Gasteiger partial charge in [-0.15, -0.1) is 0 Å². The lowest BCUT2D eigenvalue weighted by Gasteiger charge is -2.07. The lowest BCUT2D eigenvalue weighted by atomic mass is 10.1. The maximum atomic E-state index is 12.1. The number of carbonyl (C=O) groups excluding carboxylic acids is 1. The molecule has 5 nitrogen and oxygen atoms in total. The van der Waals surface area contributed by atoms with Crippen LogP contribution in [0.4, 0.5) is 0 Å². The second kappa shape index (κ2) is 7.55. The molecule has 0 unspecified atom stereocenters. The predicted molar refractivity (Wildman–Crippen MR) is 91.4 cm³/mol. The van der Waals surface area contributed by atoms with Crippen molar-refractivity contribution in [2.24, 2.45) is 0 Å². The molecule has 1 aromatic carbocycles. The largest absolute Gasteiger partial charge is 0.441 e. The predicted octanol–water partition coefficient (Wildman–Crippen LogP) is 2.73. The van der Waals surface area contributed by atoms with Gasteiger partial charge in [0.1, 0.15) is 11.5 Å². The summed E-state index contributed by atoms with van der Waals surface area (Å²) < 4.78 is 17.8. The highest BCUT2D eigenvalue weighted by Crippen LogP contribution is 2.23. The molecule has 0 aliphatic carbocycles. The second-order valence-electron chi connectivity index (χ2n) is 5.84. The number of nitrogens with one attached hydrogen (secondary N) is 1. The molecular formula is C17H22N2O3S. The van der Waals surface area contributed by atoms with E-state index in [-0.39, 0.29) is 23.5 Å². The highest BCUT2D eigenvalue weighted by atomic mass is 32.2. The number of hydrogen-bond acceptors (Lipinski definition) is 4. The van der Waals surface area contributed by atoms with Crippen LogP contribution in [0.5, 0.6) is 0 Å². The van der Waals surface area contributed by atoms with Crippen LogP contribution in [0, 0.1) is 13.8 Å². The van der Waals surface area contributed by atoms with Gasteiger partial charge in [-0.3, -0.25) is 9.00 Å². The normalized spacial score (nSPS) is 12.4. The van der Waals surface area contributed by atoms with Crippen molar-refractivity contribution in [3.63, 3.8) is 0 Å². The molecule has 0 fully saturated rings. The third-order valence-electron chi connectivity index (χ3n) is 3.20. The number of aryl methyl sites for hydroxylation is 2. The zero-order chi connectivity index (χ0) is 17.0.